The predicted molar refractivity (Wildman–Crippen MR) is 50.6 cm³/mol. The highest BCUT2D eigenvalue weighted by Crippen LogP contribution is 2.18. The largest absolute Gasteiger partial charge is 0.371 e. The zero-order valence-electron chi connectivity index (χ0n) is 8.59. The lowest BCUT2D eigenvalue weighted by atomic mass is 10.1. The first-order chi connectivity index (χ1) is 5.47. The molecule has 0 radical (unpaired) electrons. The van der Waals surface area contributed by atoms with Gasteiger partial charge in [0.25, 0.3) is 0 Å². The second-order valence-corrected chi connectivity index (χ2v) is 3.90. The normalized spacial score (nSPS) is 24.6. The molecule has 70 valence electrons. The van der Waals surface area contributed by atoms with Crippen molar-refractivity contribution in [2.45, 2.75) is 32.4 Å². The van der Waals surface area contributed by atoms with Gasteiger partial charge in [-0.3, -0.25) is 4.99 Å². The Labute approximate surface area is 74.4 Å². The molecule has 0 bridgehead atoms. The van der Waals surface area contributed by atoms with E-state index in [2.05, 4.69) is 23.9 Å². The molecule has 0 aromatic carbocycles. The molecule has 12 heavy (non-hydrogen) atoms. The molecule has 0 fully saturated rings. The van der Waals surface area contributed by atoms with Crippen LogP contribution in [0.25, 0.3) is 0 Å². The molecular formula is C9H18N2O. The zero-order chi connectivity index (χ0) is 9.35. The van der Waals surface area contributed by atoms with Crippen molar-refractivity contribution in [2.75, 3.05) is 20.7 Å². The molecule has 0 saturated carbocycles. The van der Waals surface area contributed by atoms with Crippen molar-refractivity contribution in [2.24, 2.45) is 4.99 Å². The fraction of sp³-hybridized carbons (Fsp3) is 0.889. The van der Waals surface area contributed by atoms with Crippen LogP contribution < -0.4 is 0 Å². The Morgan fingerprint density at radius 3 is 2.50 bits per heavy atom. The third kappa shape index (κ3) is 1.61. The molecule has 0 aromatic heterocycles. The summed E-state index contributed by atoms with van der Waals surface area (Å²) in [6.07, 6.45) is 0. The smallest absolute Gasteiger partial charge is 0.131 e. The first kappa shape index (κ1) is 9.52. The summed E-state index contributed by atoms with van der Waals surface area (Å²) in [7, 11) is 3.78. The summed E-state index contributed by atoms with van der Waals surface area (Å²) in [5, 5.41) is 0. The molecule has 1 rings (SSSR count). The van der Waals surface area contributed by atoms with Gasteiger partial charge >= 0.3 is 0 Å². The Morgan fingerprint density at radius 2 is 2.17 bits per heavy atom. The summed E-state index contributed by atoms with van der Waals surface area (Å²) in [6, 6.07) is 0.402. The maximum Gasteiger partial charge on any atom is 0.131 e. The van der Waals surface area contributed by atoms with E-state index in [9.17, 15) is 0 Å². The fourth-order valence-corrected chi connectivity index (χ4v) is 1.54. The van der Waals surface area contributed by atoms with Crippen LogP contribution in [-0.4, -0.2) is 43.1 Å². The van der Waals surface area contributed by atoms with Gasteiger partial charge in [-0.2, -0.15) is 0 Å². The maximum absolute atomic E-state index is 5.37. The summed E-state index contributed by atoms with van der Waals surface area (Å²) < 4.78 is 5.37. The van der Waals surface area contributed by atoms with Crippen LogP contribution in [0.2, 0.25) is 0 Å². The van der Waals surface area contributed by atoms with Gasteiger partial charge in [-0.05, 0) is 20.8 Å². The highest BCUT2D eigenvalue weighted by Gasteiger charge is 2.32. The van der Waals surface area contributed by atoms with Crippen LogP contribution in [0.1, 0.15) is 20.8 Å². The SMILES string of the molecule is COC(C)(C)C1=N[C@H](C)CN1C. The molecule has 0 aliphatic carbocycles. The Bertz CT molecular complexity index is 199. The molecule has 0 N–H and O–H groups in total. The van der Waals surface area contributed by atoms with Crippen molar-refractivity contribution in [3.05, 3.63) is 0 Å². The van der Waals surface area contributed by atoms with E-state index in [1.807, 2.05) is 13.8 Å². The Balaban J connectivity index is 2.81. The number of ether oxygens (including phenoxy) is 1. The van der Waals surface area contributed by atoms with Crippen LogP contribution in [0.4, 0.5) is 0 Å². The van der Waals surface area contributed by atoms with E-state index in [1.165, 1.54) is 0 Å². The van der Waals surface area contributed by atoms with E-state index in [0.717, 1.165) is 12.4 Å². The summed E-state index contributed by atoms with van der Waals surface area (Å²) in [4.78, 5) is 6.69. The van der Waals surface area contributed by atoms with E-state index in [1.54, 1.807) is 7.11 Å². The van der Waals surface area contributed by atoms with E-state index >= 15 is 0 Å². The van der Waals surface area contributed by atoms with Gasteiger partial charge in [-0.15, -0.1) is 0 Å². The van der Waals surface area contributed by atoms with Crippen LogP contribution in [0.3, 0.4) is 0 Å². The van der Waals surface area contributed by atoms with E-state index in [4.69, 9.17) is 4.74 Å². The number of aliphatic imine (C=N–C) groups is 1. The number of amidine groups is 1. The number of likely N-dealkylation sites (N-methyl/N-ethyl adjacent to an activating group) is 1. The Morgan fingerprint density at radius 1 is 1.58 bits per heavy atom. The minimum atomic E-state index is -0.250. The molecule has 3 heteroatoms. The van der Waals surface area contributed by atoms with Gasteiger partial charge in [-0.25, -0.2) is 0 Å². The van der Waals surface area contributed by atoms with Gasteiger partial charge in [-0.1, -0.05) is 0 Å². The maximum atomic E-state index is 5.37. The number of hydrogen-bond acceptors (Lipinski definition) is 3. The molecule has 1 aliphatic rings. The summed E-state index contributed by atoms with van der Waals surface area (Å²) in [5.41, 5.74) is -0.250. The molecule has 0 unspecified atom stereocenters. The number of methoxy groups -OCH3 is 1. The third-order valence-electron chi connectivity index (χ3n) is 2.29. The van der Waals surface area contributed by atoms with Gasteiger partial charge < -0.3 is 9.64 Å². The van der Waals surface area contributed by atoms with Gasteiger partial charge in [0.15, 0.2) is 0 Å². The van der Waals surface area contributed by atoms with Crippen LogP contribution >= 0.6 is 0 Å². The molecule has 0 saturated heterocycles. The lowest BCUT2D eigenvalue weighted by Crippen LogP contribution is -2.42. The van der Waals surface area contributed by atoms with Crippen molar-refractivity contribution in [3.63, 3.8) is 0 Å². The quantitative estimate of drug-likeness (QED) is 0.621. The lowest BCUT2D eigenvalue weighted by molar-refractivity contribution is 0.0744. The van der Waals surface area contributed by atoms with Crippen LogP contribution in [-0.2, 0) is 4.74 Å². The van der Waals surface area contributed by atoms with Crippen molar-refractivity contribution in [3.8, 4) is 0 Å². The van der Waals surface area contributed by atoms with Crippen LogP contribution in [0, 0.1) is 0 Å². The predicted octanol–water partition coefficient (Wildman–Crippen LogP) is 1.14. The molecular weight excluding hydrogens is 152 g/mol. The second kappa shape index (κ2) is 3.05. The average molecular weight is 170 g/mol. The number of hydrogen-bond donors (Lipinski definition) is 0. The zero-order valence-corrected chi connectivity index (χ0v) is 8.59. The highest BCUT2D eigenvalue weighted by atomic mass is 16.5. The van der Waals surface area contributed by atoms with Crippen molar-refractivity contribution in [1.82, 2.24) is 4.90 Å². The summed E-state index contributed by atoms with van der Waals surface area (Å²) >= 11 is 0. The van der Waals surface area contributed by atoms with Crippen molar-refractivity contribution in [1.29, 1.82) is 0 Å². The molecule has 1 heterocycles. The Hall–Kier alpha value is -0.570. The number of nitrogens with zero attached hydrogens (tertiary/aromatic N) is 2. The molecule has 3 nitrogen and oxygen atoms in total. The van der Waals surface area contributed by atoms with Crippen LogP contribution in [0.5, 0.6) is 0 Å². The number of rotatable bonds is 2. The molecule has 0 spiro atoms. The van der Waals surface area contributed by atoms with Crippen LogP contribution in [0.15, 0.2) is 4.99 Å². The van der Waals surface area contributed by atoms with Gasteiger partial charge in [0.1, 0.15) is 11.4 Å². The molecule has 1 atom stereocenters. The van der Waals surface area contributed by atoms with E-state index in [0.29, 0.717) is 6.04 Å². The Kier molecular flexibility index (Phi) is 2.42. The standard InChI is InChI=1S/C9H18N2O/c1-7-6-11(4)8(10-7)9(2,3)12-5/h7H,6H2,1-5H3/t7-/m1/s1. The minimum Gasteiger partial charge on any atom is -0.371 e. The van der Waals surface area contributed by atoms with E-state index < -0.39 is 0 Å². The monoisotopic (exact) mass is 170 g/mol. The lowest BCUT2D eigenvalue weighted by Gasteiger charge is -2.28. The topological polar surface area (TPSA) is 24.8 Å². The van der Waals surface area contributed by atoms with E-state index in [-0.39, 0.29) is 5.60 Å². The molecule has 0 amide bonds. The minimum absolute atomic E-state index is 0.250. The highest BCUT2D eigenvalue weighted by molar-refractivity contribution is 5.91. The van der Waals surface area contributed by atoms with Gasteiger partial charge in [0, 0.05) is 20.7 Å². The first-order valence-corrected chi connectivity index (χ1v) is 4.32. The van der Waals surface area contributed by atoms with Crippen molar-refractivity contribution >= 4 is 5.84 Å². The summed E-state index contributed by atoms with van der Waals surface area (Å²) in [5.74, 6) is 1.05. The van der Waals surface area contributed by atoms with Gasteiger partial charge in [0.2, 0.25) is 0 Å². The summed E-state index contributed by atoms with van der Waals surface area (Å²) in [6.45, 7) is 7.21. The molecule has 0 aromatic rings. The molecule has 1 aliphatic heterocycles. The second-order valence-electron chi connectivity index (χ2n) is 3.90. The van der Waals surface area contributed by atoms with Gasteiger partial charge in [0.05, 0.1) is 6.04 Å². The average Bonchev–Trinajstić information content (AvgIpc) is 2.31. The van der Waals surface area contributed by atoms with Crippen molar-refractivity contribution < 1.29 is 4.74 Å². The third-order valence-corrected chi connectivity index (χ3v) is 2.29. The first-order valence-electron chi connectivity index (χ1n) is 4.32. The fourth-order valence-electron chi connectivity index (χ4n) is 1.54.